The number of fused-ring (bicyclic) bond motifs is 3. The first-order valence-corrected chi connectivity index (χ1v) is 17.2. The molecule has 0 spiro atoms. The lowest BCUT2D eigenvalue weighted by molar-refractivity contribution is -0.140. The number of carbonyl (C=O) groups is 5. The van der Waals surface area contributed by atoms with Crippen LogP contribution in [-0.2, 0) is 25.7 Å². The molecule has 4 rings (SSSR count). The second-order valence-electron chi connectivity index (χ2n) is 12.9. The van der Waals surface area contributed by atoms with Crippen LogP contribution in [-0.4, -0.2) is 92.5 Å². The number of rotatable bonds is 17. The number of nitrogens with one attached hydrogen (secondary N) is 3. The zero-order chi connectivity index (χ0) is 37.8. The number of aliphatic carboxylic acids is 1. The highest BCUT2D eigenvalue weighted by atomic mass is 16.6. The van der Waals surface area contributed by atoms with Gasteiger partial charge in [-0.05, 0) is 65.8 Å². The summed E-state index contributed by atoms with van der Waals surface area (Å²) >= 11 is 0. The Hall–Kier alpha value is -5.63. The number of carboxylic acids is 1. The van der Waals surface area contributed by atoms with Crippen molar-refractivity contribution >= 4 is 35.8 Å². The summed E-state index contributed by atoms with van der Waals surface area (Å²) in [4.78, 5) is 66.6. The molecule has 1 aliphatic carbocycles. The summed E-state index contributed by atoms with van der Waals surface area (Å²) in [6, 6.07) is 19.0. The fraction of sp³-hybridized carbons (Fsp3) is 0.395. The smallest absolute Gasteiger partial charge is 0.409 e. The van der Waals surface area contributed by atoms with Gasteiger partial charge in [0.15, 0.2) is 0 Å². The zero-order valence-electron chi connectivity index (χ0n) is 30.0. The van der Waals surface area contributed by atoms with Crippen molar-refractivity contribution in [2.45, 2.75) is 51.3 Å². The van der Waals surface area contributed by atoms with Crippen LogP contribution in [0.15, 0.2) is 72.8 Å². The predicted octanol–water partition coefficient (Wildman–Crippen LogP) is 4.27. The van der Waals surface area contributed by atoms with Crippen LogP contribution >= 0.6 is 0 Å². The van der Waals surface area contributed by atoms with Crippen molar-refractivity contribution in [1.82, 2.24) is 20.9 Å². The van der Waals surface area contributed by atoms with E-state index in [-0.39, 0.29) is 44.2 Å². The van der Waals surface area contributed by atoms with Gasteiger partial charge in [0, 0.05) is 38.3 Å². The fourth-order valence-corrected chi connectivity index (χ4v) is 6.14. The molecule has 2 atom stereocenters. The maximum atomic E-state index is 14.4. The van der Waals surface area contributed by atoms with Crippen LogP contribution in [0.1, 0.15) is 49.3 Å². The highest BCUT2D eigenvalue weighted by Crippen LogP contribution is 2.44. The Morgan fingerprint density at radius 3 is 2.06 bits per heavy atom. The molecule has 14 heteroatoms. The summed E-state index contributed by atoms with van der Waals surface area (Å²) in [7, 11) is 3.40. The average molecular weight is 717 g/mol. The second kappa shape index (κ2) is 18.6. The normalized spacial score (nSPS) is 12.9. The highest BCUT2D eigenvalue weighted by Gasteiger charge is 2.37. The van der Waals surface area contributed by atoms with Gasteiger partial charge < -0.3 is 41.2 Å². The van der Waals surface area contributed by atoms with Crippen molar-refractivity contribution in [2.24, 2.45) is 11.7 Å². The summed E-state index contributed by atoms with van der Waals surface area (Å²) in [6.45, 7) is 4.61. The van der Waals surface area contributed by atoms with Crippen molar-refractivity contribution in [3.63, 3.8) is 0 Å². The van der Waals surface area contributed by atoms with E-state index in [4.69, 9.17) is 15.2 Å². The molecule has 0 saturated carbocycles. The van der Waals surface area contributed by atoms with E-state index >= 15 is 0 Å². The van der Waals surface area contributed by atoms with Gasteiger partial charge in [0.1, 0.15) is 25.3 Å². The number of alkyl carbamates (subject to hydrolysis) is 1. The summed E-state index contributed by atoms with van der Waals surface area (Å²) in [5.74, 6) is -2.59. The molecule has 0 unspecified atom stereocenters. The van der Waals surface area contributed by atoms with Gasteiger partial charge in [-0.15, -0.1) is 0 Å². The summed E-state index contributed by atoms with van der Waals surface area (Å²) in [6.07, 6.45) is -1.16. The van der Waals surface area contributed by atoms with Crippen LogP contribution in [0.5, 0.6) is 0 Å². The van der Waals surface area contributed by atoms with Crippen molar-refractivity contribution in [1.29, 1.82) is 0 Å². The number of benzene rings is 3. The Kier molecular flexibility index (Phi) is 14.0. The van der Waals surface area contributed by atoms with E-state index in [0.29, 0.717) is 18.7 Å². The van der Waals surface area contributed by atoms with E-state index in [1.165, 1.54) is 4.90 Å². The minimum atomic E-state index is -1.36. The average Bonchev–Trinajstić information content (AvgIpc) is 3.45. The number of anilines is 1. The Morgan fingerprint density at radius 2 is 1.50 bits per heavy atom. The maximum absolute atomic E-state index is 14.4. The van der Waals surface area contributed by atoms with Crippen molar-refractivity contribution in [3.8, 4) is 11.1 Å². The number of hydrogen-bond donors (Lipinski definition) is 5. The number of nitrogens with two attached hydrogens (primary N) is 1. The number of likely N-dealkylation sites (N-methyl/N-ethyl adjacent to an activating group) is 2. The first kappa shape index (κ1) is 39.2. The van der Waals surface area contributed by atoms with Crippen LogP contribution in [0.25, 0.3) is 11.1 Å². The first-order valence-electron chi connectivity index (χ1n) is 17.2. The molecule has 0 saturated heterocycles. The quantitative estimate of drug-likeness (QED) is 0.127. The van der Waals surface area contributed by atoms with E-state index in [1.807, 2.05) is 48.5 Å². The zero-order valence-corrected chi connectivity index (χ0v) is 30.0. The number of hydrogen-bond acceptors (Lipinski definition) is 8. The number of urea groups is 1. The molecule has 3 aromatic carbocycles. The summed E-state index contributed by atoms with van der Waals surface area (Å²) < 4.78 is 11.1. The Labute approximate surface area is 303 Å². The van der Waals surface area contributed by atoms with Gasteiger partial charge >= 0.3 is 24.2 Å². The number of nitrogens with zero attached hydrogens (tertiary/aromatic N) is 2. The second-order valence-corrected chi connectivity index (χ2v) is 12.9. The molecule has 0 aliphatic heterocycles. The van der Waals surface area contributed by atoms with Crippen molar-refractivity contribution < 1.29 is 38.6 Å². The molecule has 3 aromatic rings. The topological polar surface area (TPSA) is 193 Å². The first-order chi connectivity index (χ1) is 24.9. The molecule has 0 bridgehead atoms. The van der Waals surface area contributed by atoms with Crippen LogP contribution < -0.4 is 26.6 Å². The van der Waals surface area contributed by atoms with E-state index in [0.717, 1.165) is 27.2 Å². The van der Waals surface area contributed by atoms with Gasteiger partial charge in [0.2, 0.25) is 0 Å². The van der Waals surface area contributed by atoms with Crippen LogP contribution in [0, 0.1) is 5.92 Å². The molecule has 0 fully saturated rings. The minimum Gasteiger partial charge on any atom is -0.480 e. The van der Waals surface area contributed by atoms with Crippen LogP contribution in [0.3, 0.4) is 0 Å². The standard InChI is InChI=1S/C38H48N6O8/c1-24(2)33(42-37(49)51-23-31-29-12-7-5-10-27(29)28-11-6-8-13-30(28)31)34(45)44(32(35(46)47)14-9-19-41-36(39)48)26-17-15-25(16-18-26)22-52-38(50)43(4)21-20-40-3/h5-8,10-13,15-18,24,31-33,40H,9,14,19-23H2,1-4H3,(H,42,49)(H,46,47)(H3,39,41,48)/t32-,33-/m0/s1. The van der Waals surface area contributed by atoms with Gasteiger partial charge in [-0.2, -0.15) is 0 Å². The lowest BCUT2D eigenvalue weighted by atomic mass is 9.98. The minimum absolute atomic E-state index is 0.0323. The van der Waals surface area contributed by atoms with Crippen molar-refractivity contribution in [3.05, 3.63) is 89.5 Å². The predicted molar refractivity (Wildman–Crippen MR) is 196 cm³/mol. The Bertz CT molecular complexity index is 1670. The van der Waals surface area contributed by atoms with E-state index in [1.54, 1.807) is 52.2 Å². The van der Waals surface area contributed by atoms with Crippen molar-refractivity contribution in [2.75, 3.05) is 45.2 Å². The van der Waals surface area contributed by atoms with Gasteiger partial charge in [0.05, 0.1) is 0 Å². The number of amides is 5. The summed E-state index contributed by atoms with van der Waals surface area (Å²) in [5, 5.41) is 18.5. The lowest BCUT2D eigenvalue weighted by Crippen LogP contribution is -2.56. The number of primary amides is 1. The van der Waals surface area contributed by atoms with Crippen LogP contribution in [0.4, 0.5) is 20.1 Å². The fourth-order valence-electron chi connectivity index (χ4n) is 6.14. The third-order valence-electron chi connectivity index (χ3n) is 8.92. The molecule has 52 heavy (non-hydrogen) atoms. The molecule has 0 radical (unpaired) electrons. The molecular formula is C38H48N6O8. The van der Waals surface area contributed by atoms with Gasteiger partial charge in [-0.1, -0.05) is 74.5 Å². The molecule has 1 aliphatic rings. The molecule has 278 valence electrons. The number of ether oxygens (including phenoxy) is 2. The third-order valence-corrected chi connectivity index (χ3v) is 8.92. The molecule has 5 amide bonds. The SMILES string of the molecule is CNCCN(C)C(=O)OCc1ccc(N(C(=O)[C@@H](NC(=O)OCC2c3ccccc3-c3ccccc32)C(C)C)[C@@H](CCCNC(N)=O)C(=O)O)cc1. The Morgan fingerprint density at radius 1 is 0.885 bits per heavy atom. The third kappa shape index (κ3) is 10.00. The molecular weight excluding hydrogens is 668 g/mol. The van der Waals surface area contributed by atoms with E-state index < -0.39 is 48.1 Å². The van der Waals surface area contributed by atoms with Crippen LogP contribution in [0.2, 0.25) is 0 Å². The monoisotopic (exact) mass is 716 g/mol. The van der Waals surface area contributed by atoms with Gasteiger partial charge in [0.25, 0.3) is 5.91 Å². The Balaban J connectivity index is 1.53. The summed E-state index contributed by atoms with van der Waals surface area (Å²) in [5.41, 5.74) is 10.3. The lowest BCUT2D eigenvalue weighted by Gasteiger charge is -2.34. The molecule has 6 N–H and O–H groups in total. The number of carboxylic acid groups (broad SMARTS) is 1. The van der Waals surface area contributed by atoms with E-state index in [9.17, 15) is 29.1 Å². The molecule has 0 heterocycles. The highest BCUT2D eigenvalue weighted by molar-refractivity contribution is 6.03. The molecule has 0 aromatic heterocycles. The number of carbonyl (C=O) groups excluding carboxylic acids is 4. The maximum Gasteiger partial charge on any atom is 0.409 e. The largest absolute Gasteiger partial charge is 0.480 e. The molecule has 14 nitrogen and oxygen atoms in total. The van der Waals surface area contributed by atoms with E-state index in [2.05, 4.69) is 16.0 Å². The van der Waals surface area contributed by atoms with Gasteiger partial charge in [-0.3, -0.25) is 9.69 Å². The van der Waals surface area contributed by atoms with Gasteiger partial charge in [-0.25, -0.2) is 19.2 Å².